The van der Waals surface area contributed by atoms with E-state index in [9.17, 15) is 14.7 Å². The van der Waals surface area contributed by atoms with Crippen molar-refractivity contribution in [2.24, 2.45) is 0 Å². The number of nitrogens with zero attached hydrogens (tertiary/aromatic N) is 3. The lowest BCUT2D eigenvalue weighted by atomic mass is 9.98. The van der Waals surface area contributed by atoms with Gasteiger partial charge < -0.3 is 14.6 Å². The molecule has 4 aromatic rings. The minimum Gasteiger partial charge on any atom is -0.448 e. The van der Waals surface area contributed by atoms with Gasteiger partial charge in [-0.1, -0.05) is 48.5 Å². The standard InChI is InChI=1S/C25H23N5O5/c1-13-19(31)10-20(35-13)30-12-26-21-22(30)27-24(28-23(21)32)29-25(33)34-11-18-16-8-4-2-6-14(16)15-7-3-5-9-17(15)18/h2-9,12-13,18-20,31H,10-11H2,1H3,(H2,27,28,29,32,33)/t13-,19?,20-/m1/s1/i1D. The molecule has 10 nitrogen and oxygen atoms in total. The Bertz CT molecular complexity index is 1470. The van der Waals surface area contributed by atoms with Gasteiger partial charge in [0, 0.05) is 13.7 Å². The van der Waals surface area contributed by atoms with Crippen molar-refractivity contribution >= 4 is 23.2 Å². The second kappa shape index (κ2) is 8.33. The predicted molar refractivity (Wildman–Crippen MR) is 127 cm³/mol. The second-order valence-electron chi connectivity index (χ2n) is 8.62. The number of hydrogen-bond acceptors (Lipinski definition) is 7. The van der Waals surface area contributed by atoms with Gasteiger partial charge >= 0.3 is 6.09 Å². The lowest BCUT2D eigenvalue weighted by molar-refractivity contribution is -0.00631. The summed E-state index contributed by atoms with van der Waals surface area (Å²) < 4.78 is 20.3. The molecule has 1 saturated heterocycles. The topological polar surface area (TPSA) is 131 Å². The summed E-state index contributed by atoms with van der Waals surface area (Å²) in [7, 11) is 0. The molecule has 1 aliphatic carbocycles. The number of carbonyl (C=O) groups excluding carboxylic acids is 1. The number of aromatic amines is 1. The number of amides is 1. The van der Waals surface area contributed by atoms with E-state index in [4.69, 9.17) is 10.8 Å². The van der Waals surface area contributed by atoms with Crippen LogP contribution in [0.1, 0.15) is 38.0 Å². The van der Waals surface area contributed by atoms with Gasteiger partial charge in [0.05, 0.1) is 18.5 Å². The number of carbonyl (C=O) groups is 1. The number of aliphatic hydroxyl groups is 1. The Labute approximate surface area is 201 Å². The summed E-state index contributed by atoms with van der Waals surface area (Å²) >= 11 is 0. The highest BCUT2D eigenvalue weighted by Gasteiger charge is 2.33. The van der Waals surface area contributed by atoms with E-state index >= 15 is 0 Å². The molecule has 0 radical (unpaired) electrons. The molecule has 3 N–H and O–H groups in total. The highest BCUT2D eigenvalue weighted by Crippen LogP contribution is 2.44. The maximum absolute atomic E-state index is 12.6. The predicted octanol–water partition coefficient (Wildman–Crippen LogP) is 3.15. The monoisotopic (exact) mass is 474 g/mol. The molecule has 35 heavy (non-hydrogen) atoms. The van der Waals surface area contributed by atoms with Crippen molar-refractivity contribution in [2.75, 3.05) is 11.9 Å². The van der Waals surface area contributed by atoms with Crippen LogP contribution < -0.4 is 10.9 Å². The van der Waals surface area contributed by atoms with E-state index in [2.05, 4.69) is 32.4 Å². The third-order valence-electron chi connectivity index (χ3n) is 6.51. The Kier molecular flexibility index (Phi) is 4.85. The van der Waals surface area contributed by atoms with Crippen molar-refractivity contribution < 1.29 is 20.7 Å². The highest BCUT2D eigenvalue weighted by molar-refractivity contribution is 5.84. The molecule has 2 aromatic heterocycles. The molecule has 10 heteroatoms. The number of fused-ring (bicyclic) bond motifs is 4. The van der Waals surface area contributed by atoms with Crippen LogP contribution in [-0.2, 0) is 9.47 Å². The molecule has 178 valence electrons. The van der Waals surface area contributed by atoms with Crippen LogP contribution in [0.15, 0.2) is 59.7 Å². The third kappa shape index (κ3) is 3.67. The second-order valence-corrected chi connectivity index (χ2v) is 8.62. The van der Waals surface area contributed by atoms with Gasteiger partial charge in [-0.15, -0.1) is 0 Å². The van der Waals surface area contributed by atoms with Gasteiger partial charge in [-0.3, -0.25) is 19.7 Å². The van der Waals surface area contributed by atoms with Crippen molar-refractivity contribution in [1.82, 2.24) is 19.5 Å². The minimum absolute atomic E-state index is 0.0699. The van der Waals surface area contributed by atoms with E-state index in [1.807, 2.05) is 36.4 Å². The summed E-state index contributed by atoms with van der Waals surface area (Å²) in [6.07, 6.45) is -1.19. The Balaban J connectivity index is 1.20. The van der Waals surface area contributed by atoms with Crippen LogP contribution in [0.4, 0.5) is 10.7 Å². The van der Waals surface area contributed by atoms with Crippen molar-refractivity contribution in [3.63, 3.8) is 0 Å². The lowest BCUT2D eigenvalue weighted by Crippen LogP contribution is -2.22. The summed E-state index contributed by atoms with van der Waals surface area (Å²) in [5, 5.41) is 12.6. The van der Waals surface area contributed by atoms with Crippen molar-refractivity contribution in [1.29, 1.82) is 0 Å². The molecular weight excluding hydrogens is 450 g/mol. The molecule has 2 aliphatic rings. The number of H-pyrrole nitrogens is 1. The van der Waals surface area contributed by atoms with E-state index in [1.165, 1.54) is 10.9 Å². The van der Waals surface area contributed by atoms with Crippen LogP contribution in [0.5, 0.6) is 0 Å². The van der Waals surface area contributed by atoms with Crippen LogP contribution in [0.25, 0.3) is 22.3 Å². The number of aliphatic hydroxyl groups excluding tert-OH is 1. The molecule has 3 heterocycles. The maximum Gasteiger partial charge on any atom is 0.414 e. The van der Waals surface area contributed by atoms with Crippen LogP contribution in [0.3, 0.4) is 0 Å². The normalized spacial score (nSPS) is 21.5. The van der Waals surface area contributed by atoms with Crippen molar-refractivity contribution in [3.8, 4) is 11.1 Å². The number of ether oxygens (including phenoxy) is 2. The smallest absolute Gasteiger partial charge is 0.414 e. The number of aromatic nitrogens is 4. The molecule has 1 fully saturated rings. The largest absolute Gasteiger partial charge is 0.448 e. The average Bonchev–Trinajstić information content (AvgIpc) is 3.56. The van der Waals surface area contributed by atoms with E-state index in [0.29, 0.717) is 0 Å². The van der Waals surface area contributed by atoms with E-state index < -0.39 is 30.1 Å². The summed E-state index contributed by atoms with van der Waals surface area (Å²) in [5.74, 6) is -0.197. The molecule has 1 aliphatic heterocycles. The number of imidazole rings is 1. The zero-order valence-electron chi connectivity index (χ0n) is 19.5. The lowest BCUT2D eigenvalue weighted by Gasteiger charge is -2.15. The first-order chi connectivity index (χ1) is 17.5. The molecule has 3 atom stereocenters. The van der Waals surface area contributed by atoms with Crippen molar-refractivity contribution in [2.45, 2.75) is 37.7 Å². The van der Waals surface area contributed by atoms with Gasteiger partial charge in [0.1, 0.15) is 12.8 Å². The first-order valence-electron chi connectivity index (χ1n) is 12.0. The first kappa shape index (κ1) is 20.4. The van der Waals surface area contributed by atoms with Crippen molar-refractivity contribution in [3.05, 3.63) is 76.3 Å². The average molecular weight is 474 g/mol. The Morgan fingerprint density at radius 1 is 1.26 bits per heavy atom. The number of hydrogen-bond donors (Lipinski definition) is 3. The van der Waals surface area contributed by atoms with Crippen LogP contribution in [0, 0.1) is 0 Å². The fourth-order valence-electron chi connectivity index (χ4n) is 4.81. The quantitative estimate of drug-likeness (QED) is 0.414. The van der Waals surface area contributed by atoms with Gasteiger partial charge in [0.15, 0.2) is 11.2 Å². The number of rotatable bonds is 4. The summed E-state index contributed by atoms with van der Waals surface area (Å²) in [4.78, 5) is 36.1. The number of anilines is 1. The van der Waals surface area contributed by atoms with Gasteiger partial charge in [-0.05, 0) is 29.2 Å². The van der Waals surface area contributed by atoms with E-state index in [1.54, 1.807) is 0 Å². The first-order valence-corrected chi connectivity index (χ1v) is 11.2. The van der Waals surface area contributed by atoms with Crippen LogP contribution in [0.2, 0.25) is 0 Å². The molecule has 2 aromatic carbocycles. The maximum atomic E-state index is 12.6. The summed E-state index contributed by atoms with van der Waals surface area (Å²) in [6, 6.07) is 16.1. The minimum atomic E-state index is -0.801. The Hall–Kier alpha value is -4.02. The molecule has 0 bridgehead atoms. The van der Waals surface area contributed by atoms with Gasteiger partial charge in [-0.25, -0.2) is 9.78 Å². The fourth-order valence-corrected chi connectivity index (χ4v) is 4.81. The Morgan fingerprint density at radius 3 is 2.66 bits per heavy atom. The zero-order valence-corrected chi connectivity index (χ0v) is 18.5. The molecular formula is C25H23N5O5. The third-order valence-corrected chi connectivity index (χ3v) is 6.51. The Morgan fingerprint density at radius 2 is 1.97 bits per heavy atom. The molecule has 1 amide bonds. The van der Waals surface area contributed by atoms with Gasteiger partial charge in [0.25, 0.3) is 5.56 Å². The van der Waals surface area contributed by atoms with Gasteiger partial charge in [0.2, 0.25) is 5.95 Å². The molecule has 0 spiro atoms. The van der Waals surface area contributed by atoms with E-state index in [0.717, 1.165) is 22.3 Å². The highest BCUT2D eigenvalue weighted by atomic mass is 16.5. The fraction of sp³-hybridized carbons (Fsp3) is 0.280. The van der Waals surface area contributed by atoms with E-state index in [-0.39, 0.29) is 43.0 Å². The number of nitrogens with one attached hydrogen (secondary N) is 2. The van der Waals surface area contributed by atoms with Crippen LogP contribution in [-0.4, -0.2) is 49.5 Å². The summed E-state index contributed by atoms with van der Waals surface area (Å²) in [5.41, 5.74) is 4.15. The van der Waals surface area contributed by atoms with Gasteiger partial charge in [-0.2, -0.15) is 4.98 Å². The molecule has 0 saturated carbocycles. The summed E-state index contributed by atoms with van der Waals surface area (Å²) in [6.45, 7) is 0.0273. The number of benzene rings is 2. The van der Waals surface area contributed by atoms with Crippen LogP contribution >= 0.6 is 0 Å². The SMILES string of the molecule is [2H]C[C@H]1O[C@@H](n2cnc3c(=O)[nH]c(NC(=O)OCC4c5ccccc5-c5ccccc54)nc32)CC1O. The molecule has 1 unspecified atom stereocenters. The zero-order chi connectivity index (χ0) is 24.8. The molecule has 6 rings (SSSR count).